The van der Waals surface area contributed by atoms with E-state index in [2.05, 4.69) is 25.7 Å². The first-order chi connectivity index (χ1) is 14.4. The maximum Gasteiger partial charge on any atom is 0.421 e. The van der Waals surface area contributed by atoms with E-state index in [0.29, 0.717) is 18.3 Å². The number of hydrogen-bond acceptors (Lipinski definition) is 6. The Morgan fingerprint density at radius 2 is 1.90 bits per heavy atom. The molecule has 2 aromatic heterocycles. The molecule has 0 bridgehead atoms. The molecule has 0 aromatic carbocycles. The molecular formula is C20H27F3N6O. The molecule has 7 nitrogen and oxygen atoms in total. The van der Waals surface area contributed by atoms with Gasteiger partial charge in [0.25, 0.3) is 0 Å². The summed E-state index contributed by atoms with van der Waals surface area (Å²) in [7, 11) is 0. The summed E-state index contributed by atoms with van der Waals surface area (Å²) in [6.07, 6.45) is 2.47. The van der Waals surface area contributed by atoms with Gasteiger partial charge in [0.1, 0.15) is 11.4 Å². The van der Waals surface area contributed by atoms with E-state index in [1.165, 1.54) is 0 Å². The van der Waals surface area contributed by atoms with Gasteiger partial charge in [-0.1, -0.05) is 0 Å². The molecule has 4 rings (SSSR count). The number of rotatable bonds is 6. The van der Waals surface area contributed by atoms with Gasteiger partial charge in [-0.05, 0) is 51.4 Å². The third-order valence-electron chi connectivity index (χ3n) is 6.16. The highest BCUT2D eigenvalue weighted by Crippen LogP contribution is 2.46. The molecular weight excluding hydrogens is 397 g/mol. The molecule has 2 aliphatic rings. The van der Waals surface area contributed by atoms with E-state index in [1.54, 1.807) is 13.1 Å². The summed E-state index contributed by atoms with van der Waals surface area (Å²) in [5, 5.41) is 10.2. The number of anilines is 3. The van der Waals surface area contributed by atoms with E-state index in [0.717, 1.165) is 62.6 Å². The highest BCUT2D eigenvalue weighted by molar-refractivity contribution is 5.58. The van der Waals surface area contributed by atoms with Crippen molar-refractivity contribution >= 4 is 17.5 Å². The van der Waals surface area contributed by atoms with Crippen LogP contribution in [-0.4, -0.2) is 39.5 Å². The molecule has 164 valence electrons. The Hall–Kier alpha value is -2.36. The number of nitrogens with one attached hydrogen (secondary N) is 2. The van der Waals surface area contributed by atoms with Crippen molar-refractivity contribution in [1.82, 2.24) is 19.7 Å². The Morgan fingerprint density at radius 3 is 2.57 bits per heavy atom. The van der Waals surface area contributed by atoms with E-state index < -0.39 is 11.7 Å². The lowest BCUT2D eigenvalue weighted by atomic mass is 9.70. The molecule has 0 spiro atoms. The smallest absolute Gasteiger partial charge is 0.381 e. The molecule has 1 aliphatic carbocycles. The molecule has 2 fully saturated rings. The van der Waals surface area contributed by atoms with Gasteiger partial charge in [0, 0.05) is 26.0 Å². The van der Waals surface area contributed by atoms with E-state index in [-0.39, 0.29) is 11.8 Å². The van der Waals surface area contributed by atoms with Gasteiger partial charge < -0.3 is 15.4 Å². The number of alkyl halides is 3. The quantitative estimate of drug-likeness (QED) is 0.708. The first-order valence-corrected chi connectivity index (χ1v) is 10.4. The zero-order valence-corrected chi connectivity index (χ0v) is 17.2. The summed E-state index contributed by atoms with van der Waals surface area (Å²) in [6, 6.07) is 0.360. The molecule has 1 saturated heterocycles. The summed E-state index contributed by atoms with van der Waals surface area (Å²) >= 11 is 0. The molecule has 0 amide bonds. The molecule has 0 unspecified atom stereocenters. The van der Waals surface area contributed by atoms with Crippen molar-refractivity contribution in [3.63, 3.8) is 0 Å². The van der Waals surface area contributed by atoms with E-state index in [4.69, 9.17) is 4.74 Å². The second-order valence-corrected chi connectivity index (χ2v) is 8.03. The average molecular weight is 424 g/mol. The maximum atomic E-state index is 13.1. The van der Waals surface area contributed by atoms with Crippen LogP contribution in [0.25, 0.3) is 0 Å². The number of aromatic nitrogens is 4. The molecule has 2 N–H and O–H groups in total. The van der Waals surface area contributed by atoms with Crippen LogP contribution in [0.15, 0.2) is 12.4 Å². The Morgan fingerprint density at radius 1 is 1.17 bits per heavy atom. The first kappa shape index (κ1) is 20.9. The van der Waals surface area contributed by atoms with Crippen molar-refractivity contribution in [3.05, 3.63) is 23.7 Å². The van der Waals surface area contributed by atoms with Crippen LogP contribution in [0.4, 0.5) is 30.6 Å². The fourth-order valence-electron chi connectivity index (χ4n) is 4.39. The van der Waals surface area contributed by atoms with E-state index in [9.17, 15) is 13.2 Å². The predicted octanol–water partition coefficient (Wildman–Crippen LogP) is 4.55. The minimum Gasteiger partial charge on any atom is -0.381 e. The Labute approximate surface area is 173 Å². The second kappa shape index (κ2) is 8.41. The lowest BCUT2D eigenvalue weighted by Gasteiger charge is -2.42. The van der Waals surface area contributed by atoms with Gasteiger partial charge in [-0.15, -0.1) is 0 Å². The number of hydrogen-bond donors (Lipinski definition) is 2. The fraction of sp³-hybridized carbons (Fsp3) is 0.650. The lowest BCUT2D eigenvalue weighted by molar-refractivity contribution is -0.137. The topological polar surface area (TPSA) is 76.9 Å². The van der Waals surface area contributed by atoms with Crippen LogP contribution in [-0.2, 0) is 10.9 Å². The van der Waals surface area contributed by atoms with Crippen molar-refractivity contribution < 1.29 is 17.9 Å². The molecule has 0 radical (unpaired) electrons. The zero-order chi connectivity index (χ0) is 21.3. The van der Waals surface area contributed by atoms with Crippen molar-refractivity contribution in [2.24, 2.45) is 11.8 Å². The molecule has 3 heterocycles. The fourth-order valence-corrected chi connectivity index (χ4v) is 4.39. The van der Waals surface area contributed by atoms with Gasteiger partial charge in [-0.25, -0.2) is 4.98 Å². The number of nitrogens with zero attached hydrogens (tertiary/aromatic N) is 4. The zero-order valence-electron chi connectivity index (χ0n) is 17.2. The average Bonchev–Trinajstić information content (AvgIpc) is 3.01. The third kappa shape index (κ3) is 4.23. The van der Waals surface area contributed by atoms with Crippen molar-refractivity contribution in [1.29, 1.82) is 0 Å². The van der Waals surface area contributed by atoms with Crippen LogP contribution >= 0.6 is 0 Å². The van der Waals surface area contributed by atoms with Gasteiger partial charge in [0.05, 0.1) is 23.6 Å². The molecule has 30 heavy (non-hydrogen) atoms. The monoisotopic (exact) mass is 424 g/mol. The first-order valence-electron chi connectivity index (χ1n) is 10.4. The molecule has 1 saturated carbocycles. The molecule has 10 heteroatoms. The van der Waals surface area contributed by atoms with Gasteiger partial charge in [-0.2, -0.15) is 23.3 Å². The number of halogens is 3. The van der Waals surface area contributed by atoms with E-state index in [1.807, 2.05) is 11.6 Å². The van der Waals surface area contributed by atoms with Crippen LogP contribution in [0.3, 0.4) is 0 Å². The predicted molar refractivity (Wildman–Crippen MR) is 107 cm³/mol. The van der Waals surface area contributed by atoms with Crippen molar-refractivity contribution in [3.8, 4) is 0 Å². The van der Waals surface area contributed by atoms with Crippen LogP contribution in [0.5, 0.6) is 0 Å². The van der Waals surface area contributed by atoms with Crippen LogP contribution in [0, 0.1) is 18.8 Å². The van der Waals surface area contributed by atoms with Crippen molar-refractivity contribution in [2.45, 2.75) is 51.7 Å². The lowest BCUT2D eigenvalue weighted by Crippen LogP contribution is -2.35. The Kier molecular flexibility index (Phi) is 5.86. The third-order valence-corrected chi connectivity index (χ3v) is 6.16. The largest absolute Gasteiger partial charge is 0.421 e. The minimum absolute atomic E-state index is 0.107. The molecule has 2 aromatic rings. The van der Waals surface area contributed by atoms with Crippen LogP contribution in [0.2, 0.25) is 0 Å². The van der Waals surface area contributed by atoms with Crippen molar-refractivity contribution in [2.75, 3.05) is 30.4 Å². The summed E-state index contributed by atoms with van der Waals surface area (Å²) in [4.78, 5) is 7.88. The van der Waals surface area contributed by atoms with Crippen LogP contribution < -0.4 is 10.6 Å². The highest BCUT2D eigenvalue weighted by Gasteiger charge is 2.38. The summed E-state index contributed by atoms with van der Waals surface area (Å²) in [5.74, 6) is 1.34. The SMILES string of the molecule is CCNc1nc(Nc2cnn([C@H]3C[C@@H](C4CCOCC4)C3)c2C)ncc1C(F)(F)F. The standard InChI is InChI=1S/C20H27F3N6O/c1-3-24-18-16(20(21,22)23)10-25-19(28-18)27-17-11-26-29(12(17)2)15-8-14(9-15)13-4-6-30-7-5-13/h10-11,13-15H,3-9H2,1-2H3,(H2,24,25,27,28)/t14-,15+. The normalized spacial score (nSPS) is 22.6. The molecule has 0 atom stereocenters. The van der Waals surface area contributed by atoms with E-state index >= 15 is 0 Å². The highest BCUT2D eigenvalue weighted by atomic mass is 19.4. The van der Waals surface area contributed by atoms with Crippen LogP contribution in [0.1, 0.15) is 49.9 Å². The number of ether oxygens (including phenoxy) is 1. The summed E-state index contributed by atoms with van der Waals surface area (Å²) < 4.78 is 46.9. The Bertz CT molecular complexity index is 872. The molecule has 1 aliphatic heterocycles. The Balaban J connectivity index is 1.44. The van der Waals surface area contributed by atoms with Gasteiger partial charge >= 0.3 is 6.18 Å². The van der Waals surface area contributed by atoms with Gasteiger partial charge in [0.2, 0.25) is 5.95 Å². The maximum absolute atomic E-state index is 13.1. The van der Waals surface area contributed by atoms with Gasteiger partial charge in [0.15, 0.2) is 0 Å². The summed E-state index contributed by atoms with van der Waals surface area (Å²) in [6.45, 7) is 5.72. The minimum atomic E-state index is -4.51. The summed E-state index contributed by atoms with van der Waals surface area (Å²) in [5.41, 5.74) is 0.751. The van der Waals surface area contributed by atoms with Gasteiger partial charge in [-0.3, -0.25) is 4.68 Å². The second-order valence-electron chi connectivity index (χ2n) is 8.03.